The van der Waals surface area contributed by atoms with Crippen molar-refractivity contribution in [3.05, 3.63) is 0 Å². The highest BCUT2D eigenvalue weighted by Gasteiger charge is 2.16. The van der Waals surface area contributed by atoms with E-state index in [9.17, 15) is 4.79 Å². The molecule has 0 amide bonds. The second-order valence-electron chi connectivity index (χ2n) is 5.97. The molecular weight excluding hydrogens is 352 g/mol. The van der Waals surface area contributed by atoms with Gasteiger partial charge in [-0.15, -0.1) is 0 Å². The summed E-state index contributed by atoms with van der Waals surface area (Å²) < 4.78 is 5.33. The van der Waals surface area contributed by atoms with Crippen molar-refractivity contribution in [1.29, 1.82) is 0 Å². The van der Waals surface area contributed by atoms with Gasteiger partial charge in [0.1, 0.15) is 0 Å². The fraction of sp³-hybridized carbons (Fsp3) is 0.938. The Morgan fingerprint density at radius 2 is 1.50 bits per heavy atom. The molecule has 0 radical (unpaired) electrons. The van der Waals surface area contributed by atoms with Crippen molar-refractivity contribution in [1.82, 2.24) is 0 Å². The number of carbonyl (C=O) groups is 1. The lowest BCUT2D eigenvalue weighted by Gasteiger charge is -2.08. The van der Waals surface area contributed by atoms with E-state index in [0.717, 1.165) is 23.3 Å². The maximum Gasteiger partial charge on any atom is 0.305 e. The van der Waals surface area contributed by atoms with Crippen LogP contribution >= 0.6 is 43.2 Å². The average molecular weight is 381 g/mol. The minimum atomic E-state index is 0.0104. The van der Waals surface area contributed by atoms with E-state index in [1.54, 1.807) is 0 Å². The highest BCUT2D eigenvalue weighted by molar-refractivity contribution is 8.77. The summed E-state index contributed by atoms with van der Waals surface area (Å²) in [5.74, 6) is 2.64. The number of hydrogen-bond acceptors (Lipinski definition) is 6. The zero-order valence-electron chi connectivity index (χ0n) is 13.3. The van der Waals surface area contributed by atoms with Crippen LogP contribution in [0.25, 0.3) is 0 Å². The third kappa shape index (κ3) is 8.65. The van der Waals surface area contributed by atoms with Crippen LogP contribution < -0.4 is 0 Å². The molecule has 6 heteroatoms. The highest BCUT2D eigenvalue weighted by Crippen LogP contribution is 2.40. The van der Waals surface area contributed by atoms with Crippen molar-refractivity contribution in [2.75, 3.05) is 18.1 Å². The summed E-state index contributed by atoms with van der Waals surface area (Å²) in [5.41, 5.74) is 0. The summed E-state index contributed by atoms with van der Waals surface area (Å²) in [6, 6.07) is 0. The Labute approximate surface area is 151 Å². The van der Waals surface area contributed by atoms with Gasteiger partial charge in [-0.1, -0.05) is 62.4 Å². The van der Waals surface area contributed by atoms with Crippen molar-refractivity contribution < 1.29 is 9.53 Å². The third-order valence-corrected chi connectivity index (χ3v) is 10.1. The summed E-state index contributed by atoms with van der Waals surface area (Å²) in [5, 5.41) is 1.71. The van der Waals surface area contributed by atoms with Gasteiger partial charge in [0.15, 0.2) is 0 Å². The zero-order valence-corrected chi connectivity index (χ0v) is 16.6. The Hall–Kier alpha value is 0.870. The standard InChI is InChI=1S/C16H28O2S4/c17-16(8-4-3-7-15-10-13-20-22-15)18-11-5-1-2-6-14-9-12-19-21-14/h14-15H,1-13H2. The summed E-state index contributed by atoms with van der Waals surface area (Å²) in [7, 11) is 8.10. The van der Waals surface area contributed by atoms with E-state index in [-0.39, 0.29) is 5.97 Å². The Morgan fingerprint density at radius 1 is 0.864 bits per heavy atom. The molecule has 0 spiro atoms. The molecule has 0 aliphatic carbocycles. The molecule has 2 atom stereocenters. The molecule has 2 nitrogen and oxygen atoms in total. The van der Waals surface area contributed by atoms with Crippen LogP contribution in [0.3, 0.4) is 0 Å². The quantitative estimate of drug-likeness (QED) is 0.249. The summed E-state index contributed by atoms with van der Waals surface area (Å²) >= 11 is 0. The first-order valence-corrected chi connectivity index (χ1v) is 13.3. The molecule has 0 aromatic rings. The van der Waals surface area contributed by atoms with Crippen molar-refractivity contribution in [2.24, 2.45) is 0 Å². The predicted molar refractivity (Wildman–Crippen MR) is 105 cm³/mol. The van der Waals surface area contributed by atoms with Crippen LogP contribution in [-0.2, 0) is 9.53 Å². The molecule has 128 valence electrons. The molecule has 2 aliphatic heterocycles. The molecular formula is C16H28O2S4. The Kier molecular flexibility index (Phi) is 10.7. The van der Waals surface area contributed by atoms with Gasteiger partial charge in [0, 0.05) is 28.4 Å². The lowest BCUT2D eigenvalue weighted by atomic mass is 10.1. The fourth-order valence-corrected chi connectivity index (χ4v) is 8.73. The number of unbranched alkanes of at least 4 members (excludes halogenated alkanes) is 3. The number of hydrogen-bond donors (Lipinski definition) is 0. The maximum absolute atomic E-state index is 11.6. The zero-order chi connectivity index (χ0) is 15.5. The SMILES string of the molecule is O=C(CCCCC1CCSS1)OCCCCCC1CCSS1. The van der Waals surface area contributed by atoms with E-state index in [4.69, 9.17) is 4.74 Å². The topological polar surface area (TPSA) is 26.3 Å². The van der Waals surface area contributed by atoms with Crippen LogP contribution in [0, 0.1) is 0 Å². The predicted octanol–water partition coefficient (Wildman–Crippen LogP) is 5.96. The fourth-order valence-electron chi connectivity index (χ4n) is 2.68. The summed E-state index contributed by atoms with van der Waals surface area (Å²) in [6.07, 6.45) is 11.6. The van der Waals surface area contributed by atoms with Gasteiger partial charge < -0.3 is 4.74 Å². The van der Waals surface area contributed by atoms with Gasteiger partial charge in [0.25, 0.3) is 0 Å². The van der Waals surface area contributed by atoms with Crippen molar-refractivity contribution in [2.45, 2.75) is 74.7 Å². The second kappa shape index (κ2) is 12.3. The van der Waals surface area contributed by atoms with Crippen molar-refractivity contribution in [3.63, 3.8) is 0 Å². The lowest BCUT2D eigenvalue weighted by molar-refractivity contribution is -0.143. The first-order valence-electron chi connectivity index (χ1n) is 8.57. The Morgan fingerprint density at radius 3 is 2.09 bits per heavy atom. The van der Waals surface area contributed by atoms with Crippen molar-refractivity contribution >= 4 is 49.1 Å². The molecule has 22 heavy (non-hydrogen) atoms. The molecule has 0 aromatic heterocycles. The lowest BCUT2D eigenvalue weighted by Crippen LogP contribution is -2.06. The minimum Gasteiger partial charge on any atom is -0.466 e. The van der Waals surface area contributed by atoms with E-state index in [1.807, 2.05) is 32.4 Å². The highest BCUT2D eigenvalue weighted by atomic mass is 33.1. The molecule has 0 N–H and O–H groups in total. The van der Waals surface area contributed by atoms with Crippen LogP contribution in [0.15, 0.2) is 0 Å². The first-order chi connectivity index (χ1) is 10.8. The normalized spacial score (nSPS) is 24.7. The molecule has 2 saturated heterocycles. The molecule has 0 saturated carbocycles. The Bertz CT molecular complexity index is 303. The third-order valence-electron chi connectivity index (χ3n) is 4.05. The van der Waals surface area contributed by atoms with E-state index in [1.165, 1.54) is 56.5 Å². The van der Waals surface area contributed by atoms with Crippen LogP contribution in [0.1, 0.15) is 64.2 Å². The van der Waals surface area contributed by atoms with Crippen LogP contribution in [0.2, 0.25) is 0 Å². The Balaban J connectivity index is 1.33. The monoisotopic (exact) mass is 380 g/mol. The summed E-state index contributed by atoms with van der Waals surface area (Å²) in [6.45, 7) is 0.626. The molecule has 0 aromatic carbocycles. The van der Waals surface area contributed by atoms with Gasteiger partial charge in [-0.3, -0.25) is 4.79 Å². The molecule has 2 heterocycles. The summed E-state index contributed by atoms with van der Waals surface area (Å²) in [4.78, 5) is 11.6. The largest absolute Gasteiger partial charge is 0.466 e. The van der Waals surface area contributed by atoms with Crippen molar-refractivity contribution in [3.8, 4) is 0 Å². The van der Waals surface area contributed by atoms with E-state index < -0.39 is 0 Å². The van der Waals surface area contributed by atoms with Gasteiger partial charge in [-0.05, 0) is 38.5 Å². The molecule has 2 fully saturated rings. The first kappa shape index (κ1) is 19.2. The number of rotatable bonds is 11. The van der Waals surface area contributed by atoms with Gasteiger partial charge >= 0.3 is 5.97 Å². The molecule has 2 aliphatic rings. The maximum atomic E-state index is 11.6. The van der Waals surface area contributed by atoms with Crippen LogP contribution in [0.5, 0.6) is 0 Å². The number of ether oxygens (including phenoxy) is 1. The van der Waals surface area contributed by atoms with Gasteiger partial charge in [-0.2, -0.15) is 0 Å². The molecule has 2 unspecified atom stereocenters. The van der Waals surface area contributed by atoms with Crippen LogP contribution in [-0.4, -0.2) is 34.6 Å². The van der Waals surface area contributed by atoms with Gasteiger partial charge in [0.05, 0.1) is 6.61 Å². The average Bonchev–Trinajstić information content (AvgIpc) is 3.20. The smallest absolute Gasteiger partial charge is 0.305 e. The van der Waals surface area contributed by atoms with E-state index >= 15 is 0 Å². The van der Waals surface area contributed by atoms with E-state index in [2.05, 4.69) is 10.8 Å². The van der Waals surface area contributed by atoms with Gasteiger partial charge in [0.2, 0.25) is 0 Å². The van der Waals surface area contributed by atoms with Crippen LogP contribution in [0.4, 0.5) is 0 Å². The molecule has 2 rings (SSSR count). The number of esters is 1. The second-order valence-corrected chi connectivity index (χ2v) is 11.5. The van der Waals surface area contributed by atoms with Gasteiger partial charge in [-0.25, -0.2) is 0 Å². The molecule has 0 bridgehead atoms. The van der Waals surface area contributed by atoms with E-state index in [0.29, 0.717) is 13.0 Å². The number of carbonyl (C=O) groups excluding carboxylic acids is 1. The minimum absolute atomic E-state index is 0.0104.